The third kappa shape index (κ3) is 4.47. The number of likely N-dealkylation sites (tertiary alicyclic amines) is 1. The largest absolute Gasteiger partial charge is 0.341 e. The summed E-state index contributed by atoms with van der Waals surface area (Å²) in [6.07, 6.45) is 1.16. The number of hydrogen-bond donors (Lipinski definition) is 1. The topological polar surface area (TPSA) is 98.3 Å². The Bertz CT molecular complexity index is 945. The fourth-order valence-corrected chi connectivity index (χ4v) is 5.28. The van der Waals surface area contributed by atoms with E-state index in [1.54, 1.807) is 6.07 Å². The van der Waals surface area contributed by atoms with Crippen LogP contribution in [0.1, 0.15) is 27.2 Å². The number of primary sulfonamides is 1. The van der Waals surface area contributed by atoms with Crippen LogP contribution in [0.15, 0.2) is 28.3 Å². The molecule has 0 radical (unpaired) electrons. The molecule has 1 amide bonds. The predicted octanol–water partition coefficient (Wildman–Crippen LogP) is 2.30. The van der Waals surface area contributed by atoms with Crippen LogP contribution in [-0.4, -0.2) is 47.6 Å². The molecule has 1 aromatic heterocycles. The van der Waals surface area contributed by atoms with Crippen molar-refractivity contribution in [1.82, 2.24) is 14.5 Å². The Kier molecular flexibility index (Phi) is 5.83. The Morgan fingerprint density at radius 3 is 2.56 bits per heavy atom. The zero-order valence-electron chi connectivity index (χ0n) is 15.9. The molecule has 0 saturated carbocycles. The van der Waals surface area contributed by atoms with E-state index in [2.05, 4.69) is 18.8 Å². The molecule has 0 spiro atoms. The minimum atomic E-state index is -3.77. The van der Waals surface area contributed by atoms with Crippen molar-refractivity contribution >= 4 is 38.7 Å². The van der Waals surface area contributed by atoms with E-state index < -0.39 is 10.0 Å². The smallest absolute Gasteiger partial charge is 0.238 e. The molecule has 2 atom stereocenters. The first-order chi connectivity index (χ1) is 12.7. The van der Waals surface area contributed by atoms with E-state index in [1.165, 1.54) is 23.9 Å². The van der Waals surface area contributed by atoms with Gasteiger partial charge in [0.05, 0.1) is 21.7 Å². The van der Waals surface area contributed by atoms with Gasteiger partial charge >= 0.3 is 0 Å². The number of carbonyl (C=O) groups excluding carboxylic acids is 1. The van der Waals surface area contributed by atoms with Gasteiger partial charge in [0.1, 0.15) is 0 Å². The highest BCUT2D eigenvalue weighted by Crippen LogP contribution is 2.27. The first-order valence-corrected chi connectivity index (χ1v) is 11.7. The summed E-state index contributed by atoms with van der Waals surface area (Å²) in [5.41, 5.74) is 1.40. The number of fused-ring (bicyclic) bond motifs is 1. The first-order valence-electron chi connectivity index (χ1n) is 9.12. The number of aryl methyl sites for hydroxylation is 1. The lowest BCUT2D eigenvalue weighted by atomic mass is 9.92. The second-order valence-corrected chi connectivity index (χ2v) is 9.87. The number of benzene rings is 1. The third-order valence-corrected chi connectivity index (χ3v) is 6.75. The molecule has 1 aromatic carbocycles. The lowest BCUT2D eigenvalue weighted by Gasteiger charge is -2.35. The normalized spacial score (nSPS) is 21.0. The lowest BCUT2D eigenvalue weighted by molar-refractivity contribution is -0.130. The van der Waals surface area contributed by atoms with Crippen LogP contribution < -0.4 is 5.14 Å². The molecule has 1 fully saturated rings. The van der Waals surface area contributed by atoms with Crippen LogP contribution in [0.3, 0.4) is 0 Å². The zero-order valence-corrected chi connectivity index (χ0v) is 17.5. The number of sulfonamides is 1. The average molecular weight is 411 g/mol. The van der Waals surface area contributed by atoms with E-state index in [9.17, 15) is 13.2 Å². The quantitative estimate of drug-likeness (QED) is 0.763. The number of aromatic nitrogens is 2. The zero-order chi connectivity index (χ0) is 19.8. The van der Waals surface area contributed by atoms with E-state index in [-0.39, 0.29) is 10.8 Å². The molecule has 2 N–H and O–H groups in total. The van der Waals surface area contributed by atoms with Gasteiger partial charge in [-0.2, -0.15) is 0 Å². The van der Waals surface area contributed by atoms with E-state index in [4.69, 9.17) is 5.14 Å². The van der Waals surface area contributed by atoms with Crippen LogP contribution in [0, 0.1) is 11.8 Å². The van der Waals surface area contributed by atoms with Gasteiger partial charge in [0.15, 0.2) is 5.16 Å². The molecule has 7 nitrogen and oxygen atoms in total. The van der Waals surface area contributed by atoms with Crippen LogP contribution in [0.4, 0.5) is 0 Å². The Morgan fingerprint density at radius 1 is 1.30 bits per heavy atom. The Morgan fingerprint density at radius 2 is 1.96 bits per heavy atom. The molecule has 2 aromatic rings. The average Bonchev–Trinajstić information content (AvgIpc) is 2.94. The molecular weight excluding hydrogens is 384 g/mol. The fourth-order valence-electron chi connectivity index (χ4n) is 3.76. The van der Waals surface area contributed by atoms with Crippen molar-refractivity contribution in [3.05, 3.63) is 18.2 Å². The highest BCUT2D eigenvalue weighted by Gasteiger charge is 2.25. The number of hydrogen-bond acceptors (Lipinski definition) is 5. The predicted molar refractivity (Wildman–Crippen MR) is 107 cm³/mol. The van der Waals surface area contributed by atoms with Crippen LogP contribution in [-0.2, 0) is 21.4 Å². The van der Waals surface area contributed by atoms with Gasteiger partial charge in [-0.25, -0.2) is 18.5 Å². The van der Waals surface area contributed by atoms with Gasteiger partial charge in [0, 0.05) is 19.6 Å². The van der Waals surface area contributed by atoms with Crippen molar-refractivity contribution in [2.75, 3.05) is 18.8 Å². The van der Waals surface area contributed by atoms with Gasteiger partial charge < -0.3 is 9.47 Å². The van der Waals surface area contributed by atoms with E-state index in [1.807, 2.05) is 16.4 Å². The molecule has 27 heavy (non-hydrogen) atoms. The Labute approximate surface area is 164 Å². The van der Waals surface area contributed by atoms with Crippen molar-refractivity contribution < 1.29 is 13.2 Å². The van der Waals surface area contributed by atoms with E-state index >= 15 is 0 Å². The summed E-state index contributed by atoms with van der Waals surface area (Å²) in [5.74, 6) is 1.50. The summed E-state index contributed by atoms with van der Waals surface area (Å²) in [5, 5.41) is 5.92. The highest BCUT2D eigenvalue weighted by molar-refractivity contribution is 7.99. The standard InChI is InChI=1S/C18H26N4O3S2/c1-4-22-16-6-5-14(27(19,24)25)8-15(16)20-18(22)26-11-17(23)21-9-12(2)7-13(3)10-21/h5-6,8,12-13H,4,7,9-11H2,1-3H3,(H2,19,24,25)/t12-,13-/m1/s1. The summed E-state index contributed by atoms with van der Waals surface area (Å²) >= 11 is 1.39. The van der Waals surface area contributed by atoms with Gasteiger partial charge in [-0.05, 0) is 43.4 Å². The highest BCUT2D eigenvalue weighted by atomic mass is 32.2. The number of amides is 1. The van der Waals surface area contributed by atoms with Crippen LogP contribution >= 0.6 is 11.8 Å². The van der Waals surface area contributed by atoms with Crippen molar-refractivity contribution in [2.45, 2.75) is 43.8 Å². The number of imidazole rings is 1. The minimum Gasteiger partial charge on any atom is -0.341 e. The van der Waals surface area contributed by atoms with Crippen LogP contribution in [0.2, 0.25) is 0 Å². The minimum absolute atomic E-state index is 0.0414. The second kappa shape index (κ2) is 7.81. The molecule has 9 heteroatoms. The number of rotatable bonds is 5. The molecule has 1 aliphatic rings. The lowest BCUT2D eigenvalue weighted by Crippen LogP contribution is -2.43. The Hall–Kier alpha value is -1.58. The SMILES string of the molecule is CCn1c(SCC(=O)N2C[C@H](C)C[C@@H](C)C2)nc2cc(S(N)(=O)=O)ccc21. The molecule has 0 aliphatic carbocycles. The summed E-state index contributed by atoms with van der Waals surface area (Å²) in [7, 11) is -3.77. The number of thioether (sulfide) groups is 1. The molecule has 1 saturated heterocycles. The van der Waals surface area contributed by atoms with Crippen molar-refractivity contribution in [3.63, 3.8) is 0 Å². The van der Waals surface area contributed by atoms with Gasteiger partial charge in [0.25, 0.3) is 0 Å². The summed E-state index contributed by atoms with van der Waals surface area (Å²) < 4.78 is 25.1. The second-order valence-electron chi connectivity index (χ2n) is 7.37. The van der Waals surface area contributed by atoms with E-state index in [0.717, 1.165) is 25.0 Å². The molecule has 0 unspecified atom stereocenters. The fraction of sp³-hybridized carbons (Fsp3) is 0.556. The molecule has 2 heterocycles. The van der Waals surface area contributed by atoms with Crippen LogP contribution in [0.5, 0.6) is 0 Å². The number of nitrogens with zero attached hydrogens (tertiary/aromatic N) is 3. The van der Waals surface area contributed by atoms with Gasteiger partial charge in [-0.3, -0.25) is 4.79 Å². The van der Waals surface area contributed by atoms with Crippen molar-refractivity contribution in [2.24, 2.45) is 17.0 Å². The third-order valence-electron chi connectivity index (χ3n) is 4.88. The van der Waals surface area contributed by atoms with E-state index in [0.29, 0.717) is 34.8 Å². The van der Waals surface area contributed by atoms with Gasteiger partial charge in [-0.15, -0.1) is 0 Å². The van der Waals surface area contributed by atoms with Gasteiger partial charge in [-0.1, -0.05) is 25.6 Å². The summed E-state index contributed by atoms with van der Waals surface area (Å²) in [6, 6.07) is 4.68. The first kappa shape index (κ1) is 20.2. The molecule has 148 valence electrons. The number of carbonyl (C=O) groups is 1. The molecule has 0 bridgehead atoms. The maximum Gasteiger partial charge on any atom is 0.238 e. The van der Waals surface area contributed by atoms with Crippen molar-refractivity contribution in [3.8, 4) is 0 Å². The molecular formula is C18H26N4O3S2. The van der Waals surface area contributed by atoms with Crippen LogP contribution in [0.25, 0.3) is 11.0 Å². The maximum atomic E-state index is 12.6. The number of piperidine rings is 1. The maximum absolute atomic E-state index is 12.6. The van der Waals surface area contributed by atoms with Gasteiger partial charge in [0.2, 0.25) is 15.9 Å². The molecule has 3 rings (SSSR count). The number of nitrogens with two attached hydrogens (primary N) is 1. The Balaban J connectivity index is 1.79. The summed E-state index contributed by atoms with van der Waals surface area (Å²) in [6.45, 7) is 8.66. The molecule has 1 aliphatic heterocycles. The van der Waals surface area contributed by atoms with Crippen molar-refractivity contribution in [1.29, 1.82) is 0 Å². The summed E-state index contributed by atoms with van der Waals surface area (Å²) in [4.78, 5) is 19.2. The monoisotopic (exact) mass is 410 g/mol.